The van der Waals surface area contributed by atoms with Crippen LogP contribution >= 0.6 is 22.6 Å². The van der Waals surface area contributed by atoms with Crippen molar-refractivity contribution in [3.63, 3.8) is 0 Å². The Hall–Kier alpha value is -0.730. The molecule has 0 aliphatic carbocycles. The molecule has 1 N–H and O–H groups in total. The van der Waals surface area contributed by atoms with Gasteiger partial charge in [0.25, 0.3) is 0 Å². The second kappa shape index (κ2) is 8.39. The number of benzene rings is 1. The molecule has 0 unspecified atom stereocenters. The summed E-state index contributed by atoms with van der Waals surface area (Å²) in [4.78, 5) is 0. The van der Waals surface area contributed by atoms with Gasteiger partial charge < -0.3 is 5.32 Å². The molecule has 0 aromatic heterocycles. The van der Waals surface area contributed by atoms with Crippen molar-refractivity contribution in [1.82, 2.24) is 0 Å². The lowest BCUT2D eigenvalue weighted by atomic mass is 10.1. The lowest BCUT2D eigenvalue weighted by Crippen LogP contribution is -2.02. The Morgan fingerprint density at radius 2 is 1.89 bits per heavy atom. The number of rotatable bonds is 6. The maximum Gasteiger partial charge on any atom is 0.0475 e. The highest BCUT2D eigenvalue weighted by Crippen LogP contribution is 2.17. The van der Waals surface area contributed by atoms with Gasteiger partial charge in [0.05, 0.1) is 0 Å². The van der Waals surface area contributed by atoms with Crippen molar-refractivity contribution in [3.05, 3.63) is 44.7 Å². The first-order valence-corrected chi connectivity index (χ1v) is 7.55. The molecule has 1 aromatic carbocycles. The second-order valence-corrected chi connectivity index (χ2v) is 5.93. The van der Waals surface area contributed by atoms with E-state index in [-0.39, 0.29) is 0 Å². The largest absolute Gasteiger partial charge is 0.384 e. The van der Waals surface area contributed by atoms with Crippen LogP contribution in [-0.2, 0) is 0 Å². The average molecular weight is 355 g/mol. The highest BCUT2D eigenvalue weighted by Gasteiger charge is 1.96. The van der Waals surface area contributed by atoms with E-state index in [9.17, 15) is 0 Å². The predicted molar refractivity (Wildman–Crippen MR) is 89.1 cm³/mol. The van der Waals surface area contributed by atoms with Gasteiger partial charge in [0.15, 0.2) is 0 Å². The average Bonchev–Trinajstić information content (AvgIpc) is 2.30. The van der Waals surface area contributed by atoms with Crippen molar-refractivity contribution in [1.29, 1.82) is 0 Å². The van der Waals surface area contributed by atoms with Gasteiger partial charge in [-0.05, 0) is 85.9 Å². The van der Waals surface area contributed by atoms with Crippen molar-refractivity contribution < 1.29 is 0 Å². The number of unbranched alkanes of at least 4 members (excludes halogenated alkanes) is 1. The van der Waals surface area contributed by atoms with E-state index in [0.29, 0.717) is 0 Å². The van der Waals surface area contributed by atoms with Crippen LogP contribution in [0.15, 0.2) is 41.1 Å². The van der Waals surface area contributed by atoms with E-state index in [0.717, 1.165) is 13.0 Å². The number of anilines is 1. The summed E-state index contributed by atoms with van der Waals surface area (Å²) in [5.41, 5.74) is 7.25. The van der Waals surface area contributed by atoms with Crippen molar-refractivity contribution in [2.75, 3.05) is 11.9 Å². The van der Waals surface area contributed by atoms with E-state index in [2.05, 4.69) is 78.7 Å². The van der Waals surface area contributed by atoms with Crippen molar-refractivity contribution >= 4 is 28.3 Å². The fraction of sp³-hybridized carbons (Fsp3) is 0.438. The zero-order valence-corrected chi connectivity index (χ0v) is 13.7. The Balaban J connectivity index is 2.24. The minimum Gasteiger partial charge on any atom is -0.384 e. The fourth-order valence-electron chi connectivity index (χ4n) is 1.83. The highest BCUT2D eigenvalue weighted by atomic mass is 127. The summed E-state index contributed by atoms with van der Waals surface area (Å²) in [7, 11) is 0. The van der Waals surface area contributed by atoms with E-state index >= 15 is 0 Å². The lowest BCUT2D eigenvalue weighted by molar-refractivity contribution is 0.757. The fourth-order valence-corrected chi connectivity index (χ4v) is 2.41. The third kappa shape index (κ3) is 6.27. The van der Waals surface area contributed by atoms with E-state index in [1.807, 2.05) is 0 Å². The van der Waals surface area contributed by atoms with Crippen LogP contribution in [0.3, 0.4) is 0 Å². The molecule has 0 saturated carbocycles. The molecule has 0 saturated heterocycles. The molecule has 0 aliphatic rings. The summed E-state index contributed by atoms with van der Waals surface area (Å²) in [6, 6.07) is 8.41. The van der Waals surface area contributed by atoms with E-state index in [1.165, 1.54) is 33.2 Å². The van der Waals surface area contributed by atoms with Gasteiger partial charge in [0.1, 0.15) is 0 Å². The first kappa shape index (κ1) is 15.3. The Morgan fingerprint density at radius 1 is 1.17 bits per heavy atom. The van der Waals surface area contributed by atoms with Gasteiger partial charge in [-0.2, -0.15) is 0 Å². The summed E-state index contributed by atoms with van der Waals surface area (Å²) >= 11 is 2.37. The van der Waals surface area contributed by atoms with Crippen LogP contribution in [0, 0.1) is 3.57 Å². The standard InChI is InChI=1S/C16H22IN/c1-13(2)12-14(3)8-6-7-11-18-16-10-5-4-9-15(16)17/h4-5,9-10,18H,6-8,11H2,1-3H3. The van der Waals surface area contributed by atoms with Gasteiger partial charge >= 0.3 is 0 Å². The first-order valence-electron chi connectivity index (χ1n) is 6.47. The molecule has 98 valence electrons. The minimum absolute atomic E-state index is 1.04. The van der Waals surface area contributed by atoms with Gasteiger partial charge in [-0.3, -0.25) is 0 Å². The third-order valence-electron chi connectivity index (χ3n) is 2.63. The summed E-state index contributed by atoms with van der Waals surface area (Å²) in [5.74, 6) is 0. The summed E-state index contributed by atoms with van der Waals surface area (Å²) < 4.78 is 1.29. The molecule has 0 aliphatic heterocycles. The van der Waals surface area contributed by atoms with Crippen LogP contribution in [0.25, 0.3) is 0 Å². The molecular weight excluding hydrogens is 333 g/mol. The molecule has 0 atom stereocenters. The molecule has 0 radical (unpaired) electrons. The minimum atomic E-state index is 1.04. The van der Waals surface area contributed by atoms with Crippen molar-refractivity contribution in [2.24, 2.45) is 0 Å². The van der Waals surface area contributed by atoms with Gasteiger partial charge in [0, 0.05) is 15.8 Å². The Morgan fingerprint density at radius 3 is 2.56 bits per heavy atom. The van der Waals surface area contributed by atoms with Gasteiger partial charge in [-0.1, -0.05) is 12.1 Å². The summed E-state index contributed by atoms with van der Waals surface area (Å²) in [6.45, 7) is 7.41. The predicted octanol–water partition coefficient (Wildman–Crippen LogP) is 5.38. The number of hydrogen-bond donors (Lipinski definition) is 1. The molecule has 1 rings (SSSR count). The molecule has 0 amide bonds. The third-order valence-corrected chi connectivity index (χ3v) is 3.57. The molecule has 1 nitrogen and oxygen atoms in total. The molecule has 1 aromatic rings. The van der Waals surface area contributed by atoms with Crippen LogP contribution in [0.5, 0.6) is 0 Å². The Bertz CT molecular complexity index is 438. The van der Waals surface area contributed by atoms with Gasteiger partial charge in [-0.15, -0.1) is 5.73 Å². The first-order chi connectivity index (χ1) is 8.59. The van der Waals surface area contributed by atoms with Crippen LogP contribution in [0.4, 0.5) is 5.69 Å². The van der Waals surface area contributed by atoms with E-state index in [4.69, 9.17) is 0 Å². The maximum atomic E-state index is 3.49. The van der Waals surface area contributed by atoms with Crippen LogP contribution in [0.2, 0.25) is 0 Å². The molecule has 2 heteroatoms. The van der Waals surface area contributed by atoms with Crippen LogP contribution < -0.4 is 5.32 Å². The Labute approximate surface area is 125 Å². The zero-order valence-electron chi connectivity index (χ0n) is 11.5. The number of para-hydroxylation sites is 1. The zero-order chi connectivity index (χ0) is 13.4. The number of halogens is 1. The highest BCUT2D eigenvalue weighted by molar-refractivity contribution is 14.1. The molecule has 0 spiro atoms. The molecule has 0 bridgehead atoms. The van der Waals surface area contributed by atoms with Crippen molar-refractivity contribution in [2.45, 2.75) is 40.0 Å². The van der Waals surface area contributed by atoms with E-state index < -0.39 is 0 Å². The monoisotopic (exact) mass is 355 g/mol. The molecule has 18 heavy (non-hydrogen) atoms. The number of allylic oxidation sites excluding steroid dienone is 1. The topological polar surface area (TPSA) is 12.0 Å². The number of nitrogens with one attached hydrogen (secondary N) is 1. The number of hydrogen-bond acceptors (Lipinski definition) is 1. The van der Waals surface area contributed by atoms with Crippen molar-refractivity contribution in [3.8, 4) is 0 Å². The molecule has 0 heterocycles. The molecular formula is C16H22IN. The normalized spacial score (nSPS) is 9.78. The second-order valence-electron chi connectivity index (χ2n) is 4.77. The van der Waals surface area contributed by atoms with Crippen LogP contribution in [-0.4, -0.2) is 6.54 Å². The van der Waals surface area contributed by atoms with Crippen LogP contribution in [0.1, 0.15) is 40.0 Å². The van der Waals surface area contributed by atoms with E-state index in [1.54, 1.807) is 0 Å². The quantitative estimate of drug-likeness (QED) is 0.410. The maximum absolute atomic E-state index is 3.49. The Kier molecular flexibility index (Phi) is 7.14. The SMILES string of the molecule is CC(C)=C=C(C)CCCCNc1ccccc1I. The van der Waals surface area contributed by atoms with Gasteiger partial charge in [0.2, 0.25) is 0 Å². The summed E-state index contributed by atoms with van der Waals surface area (Å²) in [5, 5.41) is 3.49. The molecule has 0 fully saturated rings. The lowest BCUT2D eigenvalue weighted by Gasteiger charge is -2.07. The smallest absolute Gasteiger partial charge is 0.0475 e. The summed E-state index contributed by atoms with van der Waals surface area (Å²) in [6.07, 6.45) is 3.58. The van der Waals surface area contributed by atoms with Gasteiger partial charge in [-0.25, -0.2) is 0 Å².